The lowest BCUT2D eigenvalue weighted by molar-refractivity contribution is 0.0919. The van der Waals surface area contributed by atoms with Gasteiger partial charge in [0.25, 0.3) is 5.91 Å². The van der Waals surface area contributed by atoms with E-state index in [-0.39, 0.29) is 11.4 Å². The molecule has 1 N–H and O–H groups in total. The van der Waals surface area contributed by atoms with E-state index >= 15 is 0 Å². The van der Waals surface area contributed by atoms with Crippen molar-refractivity contribution >= 4 is 5.91 Å². The minimum absolute atomic E-state index is 0.00565. The average Bonchev–Trinajstić information content (AvgIpc) is 2.34. The maximum absolute atomic E-state index is 12.1. The van der Waals surface area contributed by atoms with Crippen molar-refractivity contribution in [3.8, 4) is 0 Å². The summed E-state index contributed by atoms with van der Waals surface area (Å²) in [5, 5.41) is 2.99. The number of carbonyl (C=O) groups excluding carboxylic acids is 1. The van der Waals surface area contributed by atoms with Crippen LogP contribution >= 0.6 is 0 Å². The number of hydrogen-bond acceptors (Lipinski definition) is 2. The average molecular weight is 262 g/mol. The summed E-state index contributed by atoms with van der Waals surface area (Å²) >= 11 is 0. The first-order valence-corrected chi connectivity index (χ1v) is 6.99. The zero-order chi connectivity index (χ0) is 14.5. The third-order valence-electron chi connectivity index (χ3n) is 2.98. The highest BCUT2D eigenvalue weighted by Crippen LogP contribution is 2.10. The maximum atomic E-state index is 12.1. The van der Waals surface area contributed by atoms with E-state index in [9.17, 15) is 4.79 Å². The Bertz CT molecular complexity index is 417. The number of amides is 1. The zero-order valence-corrected chi connectivity index (χ0v) is 12.8. The molecule has 0 aromatic heterocycles. The number of carbonyl (C=O) groups is 1. The van der Waals surface area contributed by atoms with Crippen molar-refractivity contribution in [3.63, 3.8) is 0 Å². The number of benzene rings is 1. The van der Waals surface area contributed by atoms with Crippen LogP contribution in [0.2, 0.25) is 0 Å². The van der Waals surface area contributed by atoms with Crippen molar-refractivity contribution in [2.45, 2.75) is 46.7 Å². The molecule has 106 valence electrons. The number of hydrogen-bond donors (Lipinski definition) is 1. The van der Waals surface area contributed by atoms with Crippen molar-refractivity contribution in [2.24, 2.45) is 0 Å². The fraction of sp³-hybridized carbons (Fsp3) is 0.562. The lowest BCUT2D eigenvalue weighted by atomic mass is 10.1. The highest BCUT2D eigenvalue weighted by molar-refractivity contribution is 5.94. The number of rotatable bonds is 5. The molecule has 19 heavy (non-hydrogen) atoms. The minimum Gasteiger partial charge on any atom is -0.347 e. The van der Waals surface area contributed by atoms with Gasteiger partial charge in [-0.2, -0.15) is 0 Å². The van der Waals surface area contributed by atoms with E-state index in [2.05, 4.69) is 30.1 Å². The van der Waals surface area contributed by atoms with E-state index < -0.39 is 0 Å². The minimum atomic E-state index is -0.202. The third-order valence-corrected chi connectivity index (χ3v) is 2.98. The van der Waals surface area contributed by atoms with Crippen LogP contribution in [-0.4, -0.2) is 29.4 Å². The van der Waals surface area contributed by atoms with Gasteiger partial charge in [0, 0.05) is 17.6 Å². The molecule has 0 heterocycles. The molecule has 1 rings (SSSR count). The number of nitrogens with one attached hydrogen (secondary N) is 1. The Kier molecular flexibility index (Phi) is 5.55. The summed E-state index contributed by atoms with van der Waals surface area (Å²) in [6.45, 7) is 13.2. The first kappa shape index (κ1) is 15.7. The highest BCUT2D eigenvalue weighted by Gasteiger charge is 2.15. The van der Waals surface area contributed by atoms with Crippen LogP contribution < -0.4 is 5.32 Å². The molecule has 3 nitrogen and oxygen atoms in total. The summed E-state index contributed by atoms with van der Waals surface area (Å²) < 4.78 is 0. The van der Waals surface area contributed by atoms with Gasteiger partial charge >= 0.3 is 0 Å². The van der Waals surface area contributed by atoms with E-state index in [4.69, 9.17) is 0 Å². The third kappa shape index (κ3) is 5.43. The molecule has 0 unspecified atom stereocenters. The van der Waals surface area contributed by atoms with E-state index in [1.165, 1.54) is 5.56 Å². The van der Waals surface area contributed by atoms with E-state index in [0.29, 0.717) is 0 Å². The molecule has 3 heteroatoms. The fourth-order valence-electron chi connectivity index (χ4n) is 1.93. The lowest BCUT2D eigenvalue weighted by Gasteiger charge is -2.21. The van der Waals surface area contributed by atoms with Crippen LogP contribution in [0.1, 0.15) is 50.5 Å². The summed E-state index contributed by atoms with van der Waals surface area (Å²) in [4.78, 5) is 14.4. The fourth-order valence-corrected chi connectivity index (χ4v) is 1.93. The van der Waals surface area contributed by atoms with Crippen molar-refractivity contribution in [1.82, 2.24) is 10.2 Å². The van der Waals surface area contributed by atoms with E-state index in [1.807, 2.05) is 39.0 Å². The molecule has 1 amide bonds. The summed E-state index contributed by atoms with van der Waals surface area (Å²) in [6, 6.07) is 7.88. The van der Waals surface area contributed by atoms with Crippen molar-refractivity contribution < 1.29 is 4.79 Å². The summed E-state index contributed by atoms with van der Waals surface area (Å²) in [6.07, 6.45) is 0. The monoisotopic (exact) mass is 262 g/mol. The second-order valence-corrected chi connectivity index (χ2v) is 5.87. The molecule has 0 radical (unpaired) electrons. The van der Waals surface area contributed by atoms with Gasteiger partial charge in [0.15, 0.2) is 0 Å². The molecule has 0 saturated heterocycles. The molecule has 0 fully saturated rings. The molecular weight excluding hydrogens is 236 g/mol. The van der Waals surface area contributed by atoms with Crippen molar-refractivity contribution in [2.75, 3.05) is 13.1 Å². The Morgan fingerprint density at radius 1 is 1.21 bits per heavy atom. The Hall–Kier alpha value is -1.35. The van der Waals surface area contributed by atoms with Gasteiger partial charge in [-0.3, -0.25) is 9.69 Å². The van der Waals surface area contributed by atoms with Crippen molar-refractivity contribution in [3.05, 3.63) is 35.4 Å². The topological polar surface area (TPSA) is 32.3 Å². The van der Waals surface area contributed by atoms with Gasteiger partial charge in [-0.25, -0.2) is 0 Å². The van der Waals surface area contributed by atoms with Crippen molar-refractivity contribution in [1.29, 1.82) is 0 Å². The second-order valence-electron chi connectivity index (χ2n) is 5.87. The largest absolute Gasteiger partial charge is 0.347 e. The first-order valence-electron chi connectivity index (χ1n) is 6.99. The molecule has 0 aliphatic rings. The normalized spacial score (nSPS) is 11.7. The van der Waals surface area contributed by atoms with E-state index in [0.717, 1.165) is 25.2 Å². The van der Waals surface area contributed by atoms with Crippen LogP contribution in [0.25, 0.3) is 0 Å². The maximum Gasteiger partial charge on any atom is 0.251 e. The summed E-state index contributed by atoms with van der Waals surface area (Å²) in [5.74, 6) is -0.00565. The number of nitrogens with zero attached hydrogens (tertiary/aromatic N) is 1. The van der Waals surface area contributed by atoms with Gasteiger partial charge in [-0.1, -0.05) is 26.0 Å². The van der Waals surface area contributed by atoms with Gasteiger partial charge in [0.2, 0.25) is 0 Å². The van der Waals surface area contributed by atoms with Gasteiger partial charge in [0.1, 0.15) is 0 Å². The standard InChI is InChI=1S/C16H26N2O/c1-6-18(7-2)12-13-9-8-10-14(11-13)15(19)17-16(3,4)5/h8-11H,6-7,12H2,1-5H3,(H,17,19). The van der Waals surface area contributed by atoms with Crippen LogP contribution in [0.5, 0.6) is 0 Å². The molecule has 0 atom stereocenters. The Morgan fingerprint density at radius 2 is 1.84 bits per heavy atom. The van der Waals surface area contributed by atoms with E-state index in [1.54, 1.807) is 0 Å². The Balaban J connectivity index is 2.79. The molecule has 0 saturated carbocycles. The SMILES string of the molecule is CCN(CC)Cc1cccc(C(=O)NC(C)(C)C)c1. The molecule has 0 spiro atoms. The second kappa shape index (κ2) is 6.71. The molecule has 0 bridgehead atoms. The lowest BCUT2D eigenvalue weighted by Crippen LogP contribution is -2.40. The predicted octanol–water partition coefficient (Wildman–Crippen LogP) is 3.06. The highest BCUT2D eigenvalue weighted by atomic mass is 16.1. The zero-order valence-electron chi connectivity index (χ0n) is 12.8. The van der Waals surface area contributed by atoms with Gasteiger partial charge in [0.05, 0.1) is 0 Å². The molecule has 1 aromatic carbocycles. The molecule has 0 aliphatic heterocycles. The summed E-state index contributed by atoms with van der Waals surface area (Å²) in [7, 11) is 0. The van der Waals surface area contributed by atoms with Gasteiger partial charge in [-0.15, -0.1) is 0 Å². The van der Waals surface area contributed by atoms with Gasteiger partial charge < -0.3 is 5.32 Å². The summed E-state index contributed by atoms with van der Waals surface area (Å²) in [5.41, 5.74) is 1.72. The van der Waals surface area contributed by atoms with Crippen LogP contribution in [0.4, 0.5) is 0 Å². The molecular formula is C16H26N2O. The predicted molar refractivity (Wildman–Crippen MR) is 80.3 cm³/mol. The smallest absolute Gasteiger partial charge is 0.251 e. The quantitative estimate of drug-likeness (QED) is 0.884. The first-order chi connectivity index (χ1) is 8.85. The molecule has 0 aliphatic carbocycles. The van der Waals surface area contributed by atoms with Crippen LogP contribution in [0.3, 0.4) is 0 Å². The Labute approximate surface area is 117 Å². The van der Waals surface area contributed by atoms with Crippen LogP contribution in [-0.2, 0) is 6.54 Å². The molecule has 1 aromatic rings. The Morgan fingerprint density at radius 3 is 2.37 bits per heavy atom. The van der Waals surface area contributed by atoms with Crippen LogP contribution in [0.15, 0.2) is 24.3 Å². The van der Waals surface area contributed by atoms with Gasteiger partial charge in [-0.05, 0) is 51.6 Å². The van der Waals surface area contributed by atoms with Crippen LogP contribution in [0, 0.1) is 0 Å².